The molecule has 154 valence electrons. The highest BCUT2D eigenvalue weighted by atomic mass is 32.2. The molecule has 30 heavy (non-hydrogen) atoms. The Bertz CT molecular complexity index is 1060. The van der Waals surface area contributed by atoms with E-state index in [0.717, 1.165) is 28.6 Å². The third kappa shape index (κ3) is 4.33. The molecule has 1 aliphatic rings. The van der Waals surface area contributed by atoms with Gasteiger partial charge in [0.1, 0.15) is 5.03 Å². The number of aromatic nitrogens is 1. The van der Waals surface area contributed by atoms with Gasteiger partial charge in [0.05, 0.1) is 5.56 Å². The number of hydrogen-bond donors (Lipinski definition) is 1. The van der Waals surface area contributed by atoms with E-state index < -0.39 is 0 Å². The van der Waals surface area contributed by atoms with Crippen molar-refractivity contribution < 1.29 is 9.59 Å². The number of rotatable bonds is 5. The van der Waals surface area contributed by atoms with Gasteiger partial charge >= 0.3 is 0 Å². The lowest BCUT2D eigenvalue weighted by atomic mass is 9.96. The van der Waals surface area contributed by atoms with E-state index in [-0.39, 0.29) is 11.8 Å². The maximum Gasteiger partial charge on any atom is 0.256 e. The van der Waals surface area contributed by atoms with Gasteiger partial charge in [-0.05, 0) is 54.0 Å². The molecule has 5 nitrogen and oxygen atoms in total. The van der Waals surface area contributed by atoms with Crippen LogP contribution in [0.4, 0.5) is 0 Å². The van der Waals surface area contributed by atoms with Gasteiger partial charge in [-0.2, -0.15) is 0 Å². The Hall–Kier alpha value is -2.86. The van der Waals surface area contributed by atoms with Crippen molar-refractivity contribution in [1.82, 2.24) is 15.2 Å². The van der Waals surface area contributed by atoms with Crippen molar-refractivity contribution in [2.24, 2.45) is 5.92 Å². The molecule has 0 radical (unpaired) electrons. The van der Waals surface area contributed by atoms with Crippen LogP contribution in [0.3, 0.4) is 0 Å². The van der Waals surface area contributed by atoms with Gasteiger partial charge in [-0.25, -0.2) is 4.98 Å². The van der Waals surface area contributed by atoms with Crippen molar-refractivity contribution in [3.05, 3.63) is 71.9 Å². The van der Waals surface area contributed by atoms with Gasteiger partial charge in [0.15, 0.2) is 0 Å². The predicted molar refractivity (Wildman–Crippen MR) is 121 cm³/mol. The van der Waals surface area contributed by atoms with Gasteiger partial charge in [0.2, 0.25) is 0 Å². The van der Waals surface area contributed by atoms with Crippen molar-refractivity contribution in [1.29, 1.82) is 0 Å². The number of carbonyl (C=O) groups is 2. The summed E-state index contributed by atoms with van der Waals surface area (Å²) in [4.78, 5) is 31.8. The number of carbonyl (C=O) groups excluding carboxylic acids is 2. The monoisotopic (exact) mass is 419 g/mol. The molecule has 6 heteroatoms. The second kappa shape index (κ2) is 9.30. The summed E-state index contributed by atoms with van der Waals surface area (Å²) in [5, 5.41) is 5.91. The smallest absolute Gasteiger partial charge is 0.256 e. The number of piperidine rings is 1. The molecule has 0 spiro atoms. The zero-order valence-electron chi connectivity index (χ0n) is 17.0. The topological polar surface area (TPSA) is 62.3 Å². The first-order valence-electron chi connectivity index (χ1n) is 10.2. The normalized spacial score (nSPS) is 14.6. The standard InChI is InChI=1S/C24H25N3O2S/c1-30-23-21(10-5-13-25-23)24(29)27-14-11-17(12-15-27)16-26-22(28)20-9-4-7-18-6-2-3-8-19(18)20/h2-10,13,17H,11-12,14-16H2,1H3,(H,26,28). The summed E-state index contributed by atoms with van der Waals surface area (Å²) in [5.41, 5.74) is 1.38. The van der Waals surface area contributed by atoms with Crippen LogP contribution >= 0.6 is 11.8 Å². The maximum atomic E-state index is 12.9. The molecule has 1 saturated heterocycles. The second-order valence-corrected chi connectivity index (χ2v) is 8.33. The minimum atomic E-state index is -0.0368. The lowest BCUT2D eigenvalue weighted by Crippen LogP contribution is -2.41. The van der Waals surface area contributed by atoms with E-state index in [1.165, 1.54) is 11.8 Å². The van der Waals surface area contributed by atoms with Crippen molar-refractivity contribution in [2.75, 3.05) is 25.9 Å². The highest BCUT2D eigenvalue weighted by Crippen LogP contribution is 2.23. The molecule has 0 saturated carbocycles. The number of pyridine rings is 1. The summed E-state index contributed by atoms with van der Waals surface area (Å²) in [7, 11) is 0. The Kier molecular flexibility index (Phi) is 6.33. The van der Waals surface area contributed by atoms with Crippen molar-refractivity contribution in [3.63, 3.8) is 0 Å². The number of benzene rings is 2. The minimum Gasteiger partial charge on any atom is -0.352 e. The fourth-order valence-electron chi connectivity index (χ4n) is 3.98. The summed E-state index contributed by atoms with van der Waals surface area (Å²) in [6.07, 6.45) is 5.42. The fourth-order valence-corrected chi connectivity index (χ4v) is 4.52. The lowest BCUT2D eigenvalue weighted by Gasteiger charge is -2.32. The SMILES string of the molecule is CSc1ncccc1C(=O)N1CCC(CNC(=O)c2cccc3ccccc23)CC1. The molecule has 0 aliphatic carbocycles. The van der Waals surface area contributed by atoms with Gasteiger partial charge in [0.25, 0.3) is 11.8 Å². The van der Waals surface area contributed by atoms with Crippen LogP contribution in [-0.2, 0) is 0 Å². The van der Waals surface area contributed by atoms with Crippen LogP contribution in [0, 0.1) is 5.92 Å². The van der Waals surface area contributed by atoms with Crippen LogP contribution < -0.4 is 5.32 Å². The number of amides is 2. The Morgan fingerprint density at radius 2 is 1.77 bits per heavy atom. The Morgan fingerprint density at radius 1 is 1.03 bits per heavy atom. The van der Waals surface area contributed by atoms with E-state index in [4.69, 9.17) is 0 Å². The quantitative estimate of drug-likeness (QED) is 0.629. The van der Waals surface area contributed by atoms with Crippen LogP contribution in [0.15, 0.2) is 65.8 Å². The van der Waals surface area contributed by atoms with Crippen molar-refractivity contribution in [2.45, 2.75) is 17.9 Å². The average molecular weight is 420 g/mol. The molecule has 0 atom stereocenters. The van der Waals surface area contributed by atoms with Gasteiger partial charge in [0, 0.05) is 31.4 Å². The number of likely N-dealkylation sites (tertiary alicyclic amines) is 1. The average Bonchev–Trinajstić information content (AvgIpc) is 2.82. The Morgan fingerprint density at radius 3 is 2.57 bits per heavy atom. The first-order valence-corrected chi connectivity index (χ1v) is 11.4. The molecular formula is C24H25N3O2S. The summed E-state index contributed by atoms with van der Waals surface area (Å²) < 4.78 is 0. The predicted octanol–water partition coefficient (Wildman–Crippen LogP) is 4.24. The molecule has 0 bridgehead atoms. The third-order valence-electron chi connectivity index (χ3n) is 5.68. The summed E-state index contributed by atoms with van der Waals surface area (Å²) in [6.45, 7) is 2.04. The Labute approximate surface area is 180 Å². The zero-order valence-corrected chi connectivity index (χ0v) is 17.8. The molecule has 1 aliphatic heterocycles. The van der Waals surface area contributed by atoms with E-state index >= 15 is 0 Å². The third-order valence-corrected chi connectivity index (χ3v) is 6.39. The summed E-state index contributed by atoms with van der Waals surface area (Å²) in [6, 6.07) is 17.4. The van der Waals surface area contributed by atoms with Crippen molar-refractivity contribution >= 4 is 34.3 Å². The molecule has 2 aromatic carbocycles. The van der Waals surface area contributed by atoms with Gasteiger partial charge in [-0.3, -0.25) is 9.59 Å². The largest absolute Gasteiger partial charge is 0.352 e. The molecule has 1 aromatic heterocycles. The molecule has 3 aromatic rings. The summed E-state index contributed by atoms with van der Waals surface area (Å²) in [5.74, 6) is 0.387. The molecule has 4 rings (SSSR count). The van der Waals surface area contributed by atoms with Gasteiger partial charge in [-0.15, -0.1) is 11.8 Å². The molecule has 2 heterocycles. The van der Waals surface area contributed by atoms with E-state index in [1.807, 2.05) is 65.8 Å². The van der Waals surface area contributed by atoms with E-state index in [1.54, 1.807) is 6.20 Å². The summed E-state index contributed by atoms with van der Waals surface area (Å²) >= 11 is 1.49. The van der Waals surface area contributed by atoms with Crippen LogP contribution in [0.2, 0.25) is 0 Å². The number of hydrogen-bond acceptors (Lipinski definition) is 4. The van der Waals surface area contributed by atoms with Gasteiger partial charge in [-0.1, -0.05) is 36.4 Å². The number of nitrogens with zero attached hydrogens (tertiary/aromatic N) is 2. The minimum absolute atomic E-state index is 0.0368. The molecule has 1 N–H and O–H groups in total. The molecular weight excluding hydrogens is 394 g/mol. The highest BCUT2D eigenvalue weighted by molar-refractivity contribution is 7.98. The van der Waals surface area contributed by atoms with E-state index in [9.17, 15) is 9.59 Å². The molecule has 0 unspecified atom stereocenters. The van der Waals surface area contributed by atoms with Gasteiger partial charge < -0.3 is 10.2 Å². The van der Waals surface area contributed by atoms with Crippen LogP contribution in [-0.4, -0.2) is 47.6 Å². The van der Waals surface area contributed by atoms with E-state index in [0.29, 0.717) is 36.7 Å². The first-order chi connectivity index (χ1) is 14.7. The van der Waals surface area contributed by atoms with Crippen molar-refractivity contribution in [3.8, 4) is 0 Å². The molecule has 1 fully saturated rings. The Balaban J connectivity index is 1.33. The maximum absolute atomic E-state index is 12.9. The zero-order chi connectivity index (χ0) is 20.9. The number of thioether (sulfide) groups is 1. The highest BCUT2D eigenvalue weighted by Gasteiger charge is 2.25. The fraction of sp³-hybridized carbons (Fsp3) is 0.292. The van der Waals surface area contributed by atoms with E-state index in [2.05, 4.69) is 10.3 Å². The second-order valence-electron chi connectivity index (χ2n) is 7.53. The molecule has 2 amide bonds. The van der Waals surface area contributed by atoms with Crippen LogP contribution in [0.1, 0.15) is 33.6 Å². The number of nitrogens with one attached hydrogen (secondary N) is 1. The van der Waals surface area contributed by atoms with Crippen LogP contribution in [0.25, 0.3) is 10.8 Å². The number of fused-ring (bicyclic) bond motifs is 1. The first kappa shape index (κ1) is 20.4. The van der Waals surface area contributed by atoms with Crippen LogP contribution in [0.5, 0.6) is 0 Å². The lowest BCUT2D eigenvalue weighted by molar-refractivity contribution is 0.0680.